The Bertz CT molecular complexity index is 281. The number of carbonyl (C=O) groups excluding carboxylic acids is 2. The van der Waals surface area contributed by atoms with E-state index in [1.54, 1.807) is 20.8 Å². The summed E-state index contributed by atoms with van der Waals surface area (Å²) in [5, 5.41) is 0. The van der Waals surface area contributed by atoms with Gasteiger partial charge >= 0.3 is 6.09 Å². The van der Waals surface area contributed by atoms with E-state index in [0.29, 0.717) is 5.70 Å². The second-order valence-electron chi connectivity index (χ2n) is 3.41. The predicted molar refractivity (Wildman–Crippen MR) is 46.8 cm³/mol. The summed E-state index contributed by atoms with van der Waals surface area (Å²) < 4.78 is 4.96. The molecule has 1 rings (SSSR count). The van der Waals surface area contributed by atoms with Crippen molar-refractivity contribution in [3.63, 3.8) is 0 Å². The molecule has 0 aromatic carbocycles. The average molecular weight is 183 g/mol. The molecule has 0 aromatic heterocycles. The van der Waals surface area contributed by atoms with Crippen molar-refractivity contribution in [2.45, 2.75) is 32.8 Å². The lowest BCUT2D eigenvalue weighted by Crippen LogP contribution is -2.30. The Hall–Kier alpha value is -1.32. The van der Waals surface area contributed by atoms with E-state index >= 15 is 0 Å². The summed E-state index contributed by atoms with van der Waals surface area (Å²) >= 11 is 0. The zero-order valence-corrected chi connectivity index (χ0v) is 8.09. The molecule has 13 heavy (non-hydrogen) atoms. The van der Waals surface area contributed by atoms with Gasteiger partial charge in [-0.25, -0.2) is 9.69 Å². The van der Waals surface area contributed by atoms with Crippen molar-refractivity contribution in [2.24, 2.45) is 0 Å². The molecule has 0 N–H and O–H groups in total. The number of rotatable bonds is 1. The first kappa shape index (κ1) is 9.77. The van der Waals surface area contributed by atoms with E-state index in [9.17, 15) is 9.59 Å². The van der Waals surface area contributed by atoms with Gasteiger partial charge in [0.1, 0.15) is 5.60 Å². The highest BCUT2D eigenvalue weighted by molar-refractivity contribution is 5.96. The molecule has 1 saturated heterocycles. The Balaban J connectivity index is 2.95. The minimum Gasteiger partial charge on any atom is -0.436 e. The molecule has 0 aromatic rings. The SMILES string of the molecule is C=C1N(C(=O)CC)C(=O)OC1(C)C. The fourth-order valence-corrected chi connectivity index (χ4v) is 1.11. The highest BCUT2D eigenvalue weighted by atomic mass is 16.6. The number of cyclic esters (lactones) is 1. The highest BCUT2D eigenvalue weighted by Crippen LogP contribution is 2.31. The molecule has 0 radical (unpaired) electrons. The minimum atomic E-state index is -0.762. The molecule has 1 aliphatic rings. The van der Waals surface area contributed by atoms with Gasteiger partial charge in [0, 0.05) is 6.42 Å². The van der Waals surface area contributed by atoms with Gasteiger partial charge in [-0.1, -0.05) is 13.5 Å². The van der Waals surface area contributed by atoms with Crippen LogP contribution in [0.15, 0.2) is 12.3 Å². The van der Waals surface area contributed by atoms with Crippen LogP contribution in [-0.2, 0) is 9.53 Å². The summed E-state index contributed by atoms with van der Waals surface area (Å²) in [7, 11) is 0. The Morgan fingerprint density at radius 3 is 2.46 bits per heavy atom. The molecule has 1 aliphatic heterocycles. The van der Waals surface area contributed by atoms with Crippen molar-refractivity contribution in [3.05, 3.63) is 12.3 Å². The van der Waals surface area contributed by atoms with Gasteiger partial charge in [-0.15, -0.1) is 0 Å². The third-order valence-electron chi connectivity index (χ3n) is 2.04. The molecule has 72 valence electrons. The van der Waals surface area contributed by atoms with Crippen molar-refractivity contribution in [3.8, 4) is 0 Å². The van der Waals surface area contributed by atoms with Crippen molar-refractivity contribution in [2.75, 3.05) is 0 Å². The van der Waals surface area contributed by atoms with Gasteiger partial charge in [0.05, 0.1) is 5.70 Å². The number of amides is 2. The lowest BCUT2D eigenvalue weighted by atomic mass is 10.1. The predicted octanol–water partition coefficient (Wildman–Crippen LogP) is 1.67. The van der Waals surface area contributed by atoms with Crippen molar-refractivity contribution >= 4 is 12.0 Å². The van der Waals surface area contributed by atoms with Crippen LogP contribution in [0.3, 0.4) is 0 Å². The van der Waals surface area contributed by atoms with Crippen LogP contribution in [0.4, 0.5) is 4.79 Å². The maximum absolute atomic E-state index is 11.3. The molecule has 0 aliphatic carbocycles. The van der Waals surface area contributed by atoms with Gasteiger partial charge in [0.2, 0.25) is 5.91 Å². The van der Waals surface area contributed by atoms with Gasteiger partial charge in [-0.3, -0.25) is 4.79 Å². The van der Waals surface area contributed by atoms with Gasteiger partial charge in [0.15, 0.2) is 0 Å². The summed E-state index contributed by atoms with van der Waals surface area (Å²) in [6.45, 7) is 8.76. The van der Waals surface area contributed by atoms with Crippen molar-refractivity contribution in [1.29, 1.82) is 0 Å². The molecule has 0 spiro atoms. The smallest absolute Gasteiger partial charge is 0.422 e. The number of nitrogens with zero attached hydrogens (tertiary/aromatic N) is 1. The number of carbonyl (C=O) groups is 2. The normalized spacial score (nSPS) is 20.4. The fraction of sp³-hybridized carbons (Fsp3) is 0.556. The van der Waals surface area contributed by atoms with E-state index in [-0.39, 0.29) is 12.3 Å². The summed E-state index contributed by atoms with van der Waals surface area (Å²) in [5.74, 6) is -0.277. The zero-order valence-electron chi connectivity index (χ0n) is 8.09. The summed E-state index contributed by atoms with van der Waals surface area (Å²) in [6.07, 6.45) is -0.355. The average Bonchev–Trinajstić information content (AvgIpc) is 2.21. The molecule has 0 bridgehead atoms. The standard InChI is InChI=1S/C9H13NO3/c1-5-7(11)10-6(2)9(3,4)13-8(10)12/h2,5H2,1,3-4H3. The molecule has 2 amide bonds. The third kappa shape index (κ3) is 1.43. The Labute approximate surface area is 77.2 Å². The van der Waals surface area contributed by atoms with Crippen molar-refractivity contribution in [1.82, 2.24) is 4.90 Å². The second-order valence-corrected chi connectivity index (χ2v) is 3.41. The van der Waals surface area contributed by atoms with E-state index in [1.165, 1.54) is 0 Å². The van der Waals surface area contributed by atoms with E-state index in [2.05, 4.69) is 6.58 Å². The summed E-state index contributed by atoms with van der Waals surface area (Å²) in [6, 6.07) is 0. The van der Waals surface area contributed by atoms with Crippen LogP contribution in [0.1, 0.15) is 27.2 Å². The summed E-state index contributed by atoms with van der Waals surface area (Å²) in [4.78, 5) is 23.5. The topological polar surface area (TPSA) is 46.6 Å². The summed E-state index contributed by atoms with van der Waals surface area (Å²) in [5.41, 5.74) is -0.355. The molecule has 0 saturated carbocycles. The van der Waals surface area contributed by atoms with E-state index in [1.807, 2.05) is 0 Å². The lowest BCUT2D eigenvalue weighted by Gasteiger charge is -2.17. The van der Waals surface area contributed by atoms with Gasteiger partial charge in [-0.2, -0.15) is 0 Å². The zero-order chi connectivity index (χ0) is 10.2. The van der Waals surface area contributed by atoms with Crippen LogP contribution in [0.5, 0.6) is 0 Å². The van der Waals surface area contributed by atoms with Crippen LogP contribution >= 0.6 is 0 Å². The molecule has 4 heteroatoms. The van der Waals surface area contributed by atoms with Crippen LogP contribution in [0.2, 0.25) is 0 Å². The second kappa shape index (κ2) is 2.87. The highest BCUT2D eigenvalue weighted by Gasteiger charge is 2.44. The van der Waals surface area contributed by atoms with Crippen LogP contribution < -0.4 is 0 Å². The number of imide groups is 1. The number of hydrogen-bond donors (Lipinski definition) is 0. The molecule has 4 nitrogen and oxygen atoms in total. The monoisotopic (exact) mass is 183 g/mol. The maximum atomic E-state index is 11.3. The van der Waals surface area contributed by atoms with Gasteiger partial charge in [-0.05, 0) is 13.8 Å². The first-order valence-corrected chi connectivity index (χ1v) is 4.15. The largest absolute Gasteiger partial charge is 0.436 e. The van der Waals surface area contributed by atoms with E-state index < -0.39 is 11.7 Å². The van der Waals surface area contributed by atoms with Crippen molar-refractivity contribution < 1.29 is 14.3 Å². The minimum absolute atomic E-state index is 0.268. The van der Waals surface area contributed by atoms with Crippen LogP contribution in [-0.4, -0.2) is 22.5 Å². The van der Waals surface area contributed by atoms with Crippen LogP contribution in [0.25, 0.3) is 0 Å². The Morgan fingerprint density at radius 1 is 1.62 bits per heavy atom. The molecule has 1 fully saturated rings. The van der Waals surface area contributed by atoms with E-state index in [4.69, 9.17) is 4.74 Å². The van der Waals surface area contributed by atoms with E-state index in [0.717, 1.165) is 4.90 Å². The number of hydrogen-bond acceptors (Lipinski definition) is 3. The first-order valence-electron chi connectivity index (χ1n) is 4.15. The lowest BCUT2D eigenvalue weighted by molar-refractivity contribution is -0.126. The Kier molecular flexibility index (Phi) is 2.15. The Morgan fingerprint density at radius 2 is 2.15 bits per heavy atom. The number of ether oxygens (including phenoxy) is 1. The third-order valence-corrected chi connectivity index (χ3v) is 2.04. The molecular formula is C9H13NO3. The molecular weight excluding hydrogens is 170 g/mol. The molecule has 1 heterocycles. The van der Waals surface area contributed by atoms with Gasteiger partial charge in [0.25, 0.3) is 0 Å². The van der Waals surface area contributed by atoms with Gasteiger partial charge < -0.3 is 4.74 Å². The van der Waals surface area contributed by atoms with Crippen LogP contribution in [0, 0.1) is 0 Å². The molecule has 0 unspecified atom stereocenters. The maximum Gasteiger partial charge on any atom is 0.422 e. The first-order chi connectivity index (χ1) is 5.90. The quantitative estimate of drug-likeness (QED) is 0.621. The fourth-order valence-electron chi connectivity index (χ4n) is 1.11. The molecule has 0 atom stereocenters.